The minimum absolute atomic E-state index is 0.203. The number of nitrogens with zero attached hydrogens (tertiary/aromatic N) is 3. The Labute approximate surface area is 247 Å². The third-order valence-electron chi connectivity index (χ3n) is 11.2. The van der Waals surface area contributed by atoms with Gasteiger partial charge in [0.25, 0.3) is 0 Å². The van der Waals surface area contributed by atoms with Crippen LogP contribution in [0.25, 0.3) is 11.4 Å². The molecule has 218 valence electrons. The zero-order valence-corrected chi connectivity index (χ0v) is 24.8. The first kappa shape index (κ1) is 26.3. The lowest BCUT2D eigenvalue weighted by molar-refractivity contribution is -0.161. The minimum atomic E-state index is -0.612. The van der Waals surface area contributed by atoms with Crippen molar-refractivity contribution in [3.63, 3.8) is 0 Å². The van der Waals surface area contributed by atoms with E-state index in [1.165, 1.54) is 24.0 Å². The summed E-state index contributed by atoms with van der Waals surface area (Å²) in [5.41, 5.74) is 3.17. The first-order chi connectivity index (χ1) is 20.2. The van der Waals surface area contributed by atoms with Crippen molar-refractivity contribution in [3.05, 3.63) is 65.0 Å². The Bertz CT molecular complexity index is 1590. The fraction of sp³-hybridized carbons (Fsp3) is 0.543. The van der Waals surface area contributed by atoms with Crippen molar-refractivity contribution in [2.24, 2.45) is 11.3 Å². The standard InChI is InChI=1S/C35H39N3O4/c1-21-9-12-24-17-27-34(19-25(39)18-33(2,3)32-36-31(37-42-32)23-7-5-4-6-8-23)14-13-26(40)30-35(34,28(24)29(21)41-30)15-16-38(27)20-22-10-11-22/h4-9,12,22,27,30H,10-11,13-20H2,1-3H3/t27-,30?,34-,35+/m1/s1. The average Bonchev–Trinajstić information content (AvgIpc) is 3.49. The summed E-state index contributed by atoms with van der Waals surface area (Å²) in [6.07, 6.45) is 5.88. The molecule has 7 heteroatoms. The molecule has 0 N–H and O–H groups in total. The lowest BCUT2D eigenvalue weighted by Gasteiger charge is -2.65. The summed E-state index contributed by atoms with van der Waals surface area (Å²) in [5.74, 6) is 3.10. The zero-order chi connectivity index (χ0) is 28.9. The number of likely N-dealkylation sites (tertiary alicyclic amines) is 1. The number of rotatable bonds is 8. The molecule has 1 spiro atoms. The van der Waals surface area contributed by atoms with Gasteiger partial charge in [-0.25, -0.2) is 0 Å². The number of hydrogen-bond donors (Lipinski definition) is 0. The molecule has 0 radical (unpaired) electrons. The predicted octanol–water partition coefficient (Wildman–Crippen LogP) is 5.76. The number of carbonyl (C=O) groups is 2. The van der Waals surface area contributed by atoms with E-state index < -0.39 is 16.9 Å². The van der Waals surface area contributed by atoms with Crippen LogP contribution in [0.4, 0.5) is 0 Å². The summed E-state index contributed by atoms with van der Waals surface area (Å²) < 4.78 is 12.4. The lowest BCUT2D eigenvalue weighted by Crippen LogP contribution is -2.73. The van der Waals surface area contributed by atoms with Crippen LogP contribution in [0.5, 0.6) is 5.75 Å². The highest BCUT2D eigenvalue weighted by molar-refractivity contribution is 5.91. The van der Waals surface area contributed by atoms with E-state index in [9.17, 15) is 9.59 Å². The molecule has 2 bridgehead atoms. The second kappa shape index (κ2) is 9.09. The van der Waals surface area contributed by atoms with Crippen LogP contribution in [0.2, 0.25) is 0 Å². The van der Waals surface area contributed by atoms with Crippen LogP contribution >= 0.6 is 0 Å². The summed E-state index contributed by atoms with van der Waals surface area (Å²) in [6, 6.07) is 14.4. The third kappa shape index (κ3) is 3.68. The van der Waals surface area contributed by atoms with Crippen molar-refractivity contribution in [3.8, 4) is 17.1 Å². The normalized spacial score (nSPS) is 29.7. The Hall–Kier alpha value is -3.32. The maximum atomic E-state index is 14.3. The number of ether oxygens (including phenoxy) is 1. The first-order valence-electron chi connectivity index (χ1n) is 15.7. The van der Waals surface area contributed by atoms with E-state index in [1.54, 1.807) is 0 Å². The van der Waals surface area contributed by atoms with Crippen molar-refractivity contribution in [2.45, 2.75) is 95.1 Å². The van der Waals surface area contributed by atoms with E-state index >= 15 is 0 Å². The number of benzene rings is 2. The van der Waals surface area contributed by atoms with Gasteiger partial charge in [0.15, 0.2) is 11.9 Å². The highest BCUT2D eigenvalue weighted by Gasteiger charge is 2.73. The van der Waals surface area contributed by atoms with Crippen LogP contribution in [-0.4, -0.2) is 51.8 Å². The topological polar surface area (TPSA) is 85.5 Å². The fourth-order valence-corrected chi connectivity index (χ4v) is 9.17. The van der Waals surface area contributed by atoms with Gasteiger partial charge in [-0.2, -0.15) is 4.98 Å². The van der Waals surface area contributed by atoms with E-state index in [2.05, 4.69) is 29.1 Å². The summed E-state index contributed by atoms with van der Waals surface area (Å²) >= 11 is 0. The van der Waals surface area contributed by atoms with Crippen LogP contribution in [0.15, 0.2) is 47.0 Å². The Kier molecular flexibility index (Phi) is 5.70. The Balaban J connectivity index is 1.16. The summed E-state index contributed by atoms with van der Waals surface area (Å²) in [7, 11) is 0. The Morgan fingerprint density at radius 3 is 2.71 bits per heavy atom. The van der Waals surface area contributed by atoms with Crippen molar-refractivity contribution in [2.75, 3.05) is 13.1 Å². The number of ketones is 2. The van der Waals surface area contributed by atoms with Gasteiger partial charge in [-0.1, -0.05) is 61.5 Å². The maximum Gasteiger partial charge on any atom is 0.233 e. The molecule has 2 saturated carbocycles. The van der Waals surface area contributed by atoms with E-state index in [0.717, 1.165) is 55.1 Å². The molecule has 0 amide bonds. The molecule has 4 atom stereocenters. The molecular formula is C35H39N3O4. The number of piperidine rings is 1. The lowest BCUT2D eigenvalue weighted by atomic mass is 9.42. The highest BCUT2D eigenvalue weighted by Crippen LogP contribution is 2.69. The van der Waals surface area contributed by atoms with Gasteiger partial charge >= 0.3 is 0 Å². The van der Waals surface area contributed by atoms with Crippen molar-refractivity contribution in [1.29, 1.82) is 0 Å². The van der Waals surface area contributed by atoms with Crippen molar-refractivity contribution < 1.29 is 18.8 Å². The average molecular weight is 566 g/mol. The monoisotopic (exact) mass is 565 g/mol. The van der Waals surface area contributed by atoms with Crippen molar-refractivity contribution in [1.82, 2.24) is 15.0 Å². The molecule has 42 heavy (non-hydrogen) atoms. The second-order valence-electron chi connectivity index (χ2n) is 14.3. The van der Waals surface area contributed by atoms with E-state index in [1.807, 2.05) is 44.2 Å². The van der Waals surface area contributed by atoms with E-state index in [-0.39, 0.29) is 23.0 Å². The molecule has 8 rings (SSSR count). The van der Waals surface area contributed by atoms with Gasteiger partial charge < -0.3 is 9.26 Å². The first-order valence-corrected chi connectivity index (χ1v) is 15.7. The van der Waals surface area contributed by atoms with Crippen LogP contribution < -0.4 is 4.74 Å². The van der Waals surface area contributed by atoms with E-state index in [0.29, 0.717) is 31.0 Å². The zero-order valence-electron chi connectivity index (χ0n) is 24.8. The van der Waals surface area contributed by atoms with Gasteiger partial charge in [-0.15, -0.1) is 0 Å². The Morgan fingerprint density at radius 1 is 1.12 bits per heavy atom. The number of Topliss-reactive ketones (excluding diaryl/α,β-unsaturated/α-hetero) is 2. The quantitative estimate of drug-likeness (QED) is 0.343. The van der Waals surface area contributed by atoms with Crippen LogP contribution in [0.3, 0.4) is 0 Å². The molecule has 1 aromatic heterocycles. The largest absolute Gasteiger partial charge is 0.481 e. The molecular weight excluding hydrogens is 526 g/mol. The maximum absolute atomic E-state index is 14.3. The molecule has 3 aromatic rings. The van der Waals surface area contributed by atoms with Crippen LogP contribution in [0, 0.1) is 18.3 Å². The van der Waals surface area contributed by atoms with Gasteiger partial charge in [0.1, 0.15) is 11.5 Å². The molecule has 3 heterocycles. The van der Waals surface area contributed by atoms with Gasteiger partial charge in [0.05, 0.1) is 10.8 Å². The van der Waals surface area contributed by atoms with Gasteiger partial charge in [-0.3, -0.25) is 14.5 Å². The van der Waals surface area contributed by atoms with Crippen molar-refractivity contribution >= 4 is 11.6 Å². The smallest absolute Gasteiger partial charge is 0.233 e. The van der Waals surface area contributed by atoms with Crippen LogP contribution in [0.1, 0.15) is 81.4 Å². The summed E-state index contributed by atoms with van der Waals surface area (Å²) in [4.78, 5) is 35.4. The summed E-state index contributed by atoms with van der Waals surface area (Å²) in [5, 5.41) is 4.23. The molecule has 3 fully saturated rings. The molecule has 5 aliphatic rings. The number of aryl methyl sites for hydroxylation is 1. The molecule has 3 aliphatic carbocycles. The van der Waals surface area contributed by atoms with Gasteiger partial charge in [-0.05, 0) is 62.6 Å². The third-order valence-corrected chi connectivity index (χ3v) is 11.2. The molecule has 2 aliphatic heterocycles. The minimum Gasteiger partial charge on any atom is -0.481 e. The van der Waals surface area contributed by atoms with Gasteiger partial charge in [0, 0.05) is 48.4 Å². The number of aromatic nitrogens is 2. The SMILES string of the molecule is Cc1ccc2c3c1OC1C(=O)CC[C@@]4(CC(=O)CC(C)(C)c5nc(-c6ccccc6)no5)[C@@H](C2)N(CC2CC2)CC[C@]314. The Morgan fingerprint density at radius 2 is 1.93 bits per heavy atom. The van der Waals surface area contributed by atoms with E-state index in [4.69, 9.17) is 14.2 Å². The predicted molar refractivity (Wildman–Crippen MR) is 157 cm³/mol. The molecule has 1 unspecified atom stereocenters. The molecule has 1 saturated heterocycles. The number of carbonyl (C=O) groups excluding carboxylic acids is 2. The summed E-state index contributed by atoms with van der Waals surface area (Å²) in [6.45, 7) is 8.19. The fourth-order valence-electron chi connectivity index (χ4n) is 9.17. The van der Waals surface area contributed by atoms with Gasteiger partial charge in [0.2, 0.25) is 11.7 Å². The molecule has 2 aromatic carbocycles. The van der Waals surface area contributed by atoms with Crippen LogP contribution in [-0.2, 0) is 26.8 Å². The number of hydrogen-bond acceptors (Lipinski definition) is 7. The second-order valence-corrected chi connectivity index (χ2v) is 14.3. The highest BCUT2D eigenvalue weighted by atomic mass is 16.5. The molecule has 7 nitrogen and oxygen atoms in total.